The molecule has 4 aromatic carbocycles. The standard InChI is InChI=1S/C24H28N2O3S.C22H24N2O3S.Li.2H2O/c1-4-28-24(27)20(11-15(2)3)17-8-10-23(29-14-16-5-6-16)19(12-17)18-7-9-21-22(13-18)26-30-25-21;1-13(2)9-18(22(25)26)15-6-8-21(27-12-14-3-4-14)17(10-15)16-5-7-19-20(11-16)24-28-23-19;;;/h7-10,12-13,15-16,20H,4-6,11,14H2,1-3H3;5-8,10-11,13-14,18H,3-4,9,12H2,1-2H3,(H,25,26);;2*1H2/q;;+1;;/p-1. The molecule has 8 rings (SSSR count). The van der Waals surface area contributed by atoms with Crippen LogP contribution in [0.25, 0.3) is 44.3 Å². The van der Waals surface area contributed by atoms with E-state index >= 15 is 0 Å². The molecule has 0 bridgehead atoms. The Bertz CT molecular complexity index is 2360. The first kappa shape index (κ1) is 49.2. The van der Waals surface area contributed by atoms with Gasteiger partial charge in [0.2, 0.25) is 0 Å². The molecule has 2 aliphatic carbocycles. The Balaban J connectivity index is 0.000000257. The van der Waals surface area contributed by atoms with Crippen LogP contribution in [0.5, 0.6) is 11.5 Å². The Labute approximate surface area is 377 Å². The number of aliphatic carboxylic acids is 1. The van der Waals surface area contributed by atoms with Crippen LogP contribution < -0.4 is 28.3 Å². The van der Waals surface area contributed by atoms with E-state index in [0.29, 0.717) is 43.3 Å². The molecular formula is C46H55LiN4O8S2. The molecule has 2 saturated carbocycles. The van der Waals surface area contributed by atoms with Crippen molar-refractivity contribution in [2.75, 3.05) is 19.8 Å². The number of fused-ring (bicyclic) bond motifs is 2. The fraction of sp³-hybridized carbons (Fsp3) is 0.435. The van der Waals surface area contributed by atoms with Crippen molar-refractivity contribution in [2.45, 2.75) is 85.0 Å². The molecule has 6 aromatic rings. The number of benzene rings is 4. The van der Waals surface area contributed by atoms with Gasteiger partial charge in [0, 0.05) is 11.1 Å². The number of nitrogens with zero attached hydrogens (tertiary/aromatic N) is 4. The third kappa shape index (κ3) is 13.0. The molecule has 0 spiro atoms. The van der Waals surface area contributed by atoms with Crippen LogP contribution in [-0.4, -0.2) is 65.3 Å². The summed E-state index contributed by atoms with van der Waals surface area (Å²) in [4.78, 5) is 24.6. The van der Waals surface area contributed by atoms with Crippen LogP contribution in [0.4, 0.5) is 0 Å². The van der Waals surface area contributed by atoms with Crippen LogP contribution in [0.2, 0.25) is 0 Å². The van der Waals surface area contributed by atoms with E-state index in [2.05, 4.69) is 43.5 Å². The van der Waals surface area contributed by atoms with Crippen molar-refractivity contribution in [2.24, 2.45) is 23.7 Å². The monoisotopic (exact) mass is 862 g/mol. The smallest absolute Gasteiger partial charge is 0.870 e. The molecular weight excluding hydrogens is 808 g/mol. The number of aromatic nitrogens is 4. The van der Waals surface area contributed by atoms with E-state index in [1.807, 2.05) is 81.4 Å². The maximum absolute atomic E-state index is 12.7. The van der Waals surface area contributed by atoms with Gasteiger partial charge in [0.1, 0.15) is 33.6 Å². The van der Waals surface area contributed by atoms with Crippen molar-refractivity contribution in [1.29, 1.82) is 0 Å². The molecule has 0 amide bonds. The summed E-state index contributed by atoms with van der Waals surface area (Å²) in [5.74, 6) is 1.87. The fourth-order valence-corrected chi connectivity index (χ4v) is 8.08. The summed E-state index contributed by atoms with van der Waals surface area (Å²) in [7, 11) is 0. The zero-order chi connectivity index (χ0) is 40.8. The number of esters is 1. The number of ether oxygens (including phenoxy) is 3. The van der Waals surface area contributed by atoms with Crippen molar-refractivity contribution in [3.05, 3.63) is 83.9 Å². The van der Waals surface area contributed by atoms with Gasteiger partial charge in [-0.05, 0) is 140 Å². The molecule has 15 heteroatoms. The molecule has 2 atom stereocenters. The summed E-state index contributed by atoms with van der Waals surface area (Å²) >= 11 is 2.41. The summed E-state index contributed by atoms with van der Waals surface area (Å²) in [6.07, 6.45) is 6.27. The summed E-state index contributed by atoms with van der Waals surface area (Å²) in [6, 6.07) is 23.9. The van der Waals surface area contributed by atoms with Gasteiger partial charge in [0.15, 0.2) is 0 Å². The second-order valence-electron chi connectivity index (χ2n) is 16.4. The average molecular weight is 863 g/mol. The van der Waals surface area contributed by atoms with Gasteiger partial charge in [-0.1, -0.05) is 52.0 Å². The Morgan fingerprint density at radius 3 is 1.49 bits per heavy atom. The van der Waals surface area contributed by atoms with Crippen LogP contribution in [0.15, 0.2) is 72.8 Å². The van der Waals surface area contributed by atoms with Gasteiger partial charge in [-0.25, -0.2) is 0 Å². The van der Waals surface area contributed by atoms with Gasteiger partial charge < -0.3 is 30.3 Å². The van der Waals surface area contributed by atoms with Gasteiger partial charge in [-0.15, -0.1) is 0 Å². The topological polar surface area (TPSA) is 195 Å². The number of carbonyl (C=O) groups excluding carboxylic acids is 1. The molecule has 2 aromatic heterocycles. The van der Waals surface area contributed by atoms with E-state index in [4.69, 9.17) is 14.2 Å². The van der Waals surface area contributed by atoms with Gasteiger partial charge in [0.05, 0.1) is 55.1 Å². The van der Waals surface area contributed by atoms with Crippen molar-refractivity contribution in [3.63, 3.8) is 0 Å². The molecule has 0 radical (unpaired) electrons. The molecule has 61 heavy (non-hydrogen) atoms. The predicted molar refractivity (Wildman–Crippen MR) is 236 cm³/mol. The van der Waals surface area contributed by atoms with Crippen LogP contribution >= 0.6 is 23.5 Å². The van der Waals surface area contributed by atoms with Crippen molar-refractivity contribution in [3.8, 4) is 33.8 Å². The Morgan fingerprint density at radius 1 is 0.656 bits per heavy atom. The van der Waals surface area contributed by atoms with E-state index < -0.39 is 11.9 Å². The van der Waals surface area contributed by atoms with E-state index in [1.165, 1.54) is 49.1 Å². The zero-order valence-electron chi connectivity index (χ0n) is 35.8. The van der Waals surface area contributed by atoms with Crippen molar-refractivity contribution in [1.82, 2.24) is 17.5 Å². The Hall–Kier alpha value is -4.42. The molecule has 2 unspecified atom stereocenters. The van der Waals surface area contributed by atoms with E-state index in [1.54, 1.807) is 0 Å². The Morgan fingerprint density at radius 2 is 1.08 bits per heavy atom. The molecule has 0 saturated heterocycles. The van der Waals surface area contributed by atoms with Gasteiger partial charge >= 0.3 is 30.8 Å². The predicted octanol–water partition coefficient (Wildman–Crippen LogP) is 7.20. The molecule has 2 heterocycles. The second kappa shape index (κ2) is 22.6. The van der Waals surface area contributed by atoms with E-state index in [0.717, 1.165) is 80.0 Å². The number of rotatable bonds is 17. The number of carboxylic acid groups (broad SMARTS) is 1. The molecule has 12 nitrogen and oxygen atoms in total. The first-order valence-electron chi connectivity index (χ1n) is 20.4. The number of carbonyl (C=O) groups is 2. The quantitative estimate of drug-likeness (QED) is 0.0719. The van der Waals surface area contributed by atoms with Crippen molar-refractivity contribution >= 4 is 57.5 Å². The summed E-state index contributed by atoms with van der Waals surface area (Å²) in [5, 5.41) is 9.76. The number of hydrogen-bond acceptors (Lipinski definition) is 12. The maximum Gasteiger partial charge on any atom is 1.00 e. The van der Waals surface area contributed by atoms with Crippen LogP contribution in [-0.2, 0) is 14.3 Å². The minimum absolute atomic E-state index is 0. The van der Waals surface area contributed by atoms with Crippen LogP contribution in [0.3, 0.4) is 0 Å². The number of carboxylic acids is 1. The summed E-state index contributed by atoms with van der Waals surface area (Å²) < 4.78 is 35.0. The molecule has 4 N–H and O–H groups in total. The second-order valence-corrected chi connectivity index (χ2v) is 17.5. The maximum atomic E-state index is 12.7. The Kier molecular flexibility index (Phi) is 18.2. The summed E-state index contributed by atoms with van der Waals surface area (Å²) in [5.41, 5.74) is 9.16. The molecule has 320 valence electrons. The largest absolute Gasteiger partial charge is 1.00 e. The fourth-order valence-electron chi connectivity index (χ4n) is 7.05. The average Bonchev–Trinajstić information content (AvgIpc) is 4.13. The van der Waals surface area contributed by atoms with Gasteiger partial charge in [-0.3, -0.25) is 9.59 Å². The summed E-state index contributed by atoms with van der Waals surface area (Å²) in [6.45, 7) is 12.0. The zero-order valence-corrected chi connectivity index (χ0v) is 37.4. The van der Waals surface area contributed by atoms with Gasteiger partial charge in [0.25, 0.3) is 0 Å². The van der Waals surface area contributed by atoms with Crippen LogP contribution in [0, 0.1) is 23.7 Å². The first-order chi connectivity index (χ1) is 28.1. The molecule has 0 aliphatic heterocycles. The third-order valence-electron chi connectivity index (χ3n) is 10.6. The number of hydrogen-bond donors (Lipinski definition) is 1. The van der Waals surface area contributed by atoms with Crippen molar-refractivity contribution < 1.29 is 58.7 Å². The molecule has 2 aliphatic rings. The van der Waals surface area contributed by atoms with Gasteiger partial charge in [-0.2, -0.15) is 17.5 Å². The first-order valence-corrected chi connectivity index (χ1v) is 21.9. The van der Waals surface area contributed by atoms with E-state index in [9.17, 15) is 14.7 Å². The third-order valence-corrected chi connectivity index (χ3v) is 11.7. The van der Waals surface area contributed by atoms with E-state index in [-0.39, 0.29) is 41.7 Å². The van der Waals surface area contributed by atoms with Crippen LogP contribution in [0.1, 0.15) is 96.1 Å². The minimum atomic E-state index is -0.787. The molecule has 2 fully saturated rings. The SMILES string of the molecule is CC(C)CC(C(=O)O)c1ccc(OCC2CC2)c(-c2ccc3nsnc3c2)c1.CCOC(=O)C(CC(C)C)c1ccc(OCC2CC2)c(-c2ccc3nsnc3c2)c1.O.[Li+].[OH-]. The minimum Gasteiger partial charge on any atom is -0.870 e. The normalized spacial score (nSPS) is 14.2.